The Morgan fingerprint density at radius 2 is 1.17 bits per heavy atom. The summed E-state index contributed by atoms with van der Waals surface area (Å²) in [7, 11) is 0. The van der Waals surface area contributed by atoms with Crippen LogP contribution in [-0.2, 0) is 0 Å². The van der Waals surface area contributed by atoms with E-state index in [4.69, 9.17) is 0 Å². The van der Waals surface area contributed by atoms with Gasteiger partial charge in [-0.2, -0.15) is 13.2 Å². The van der Waals surface area contributed by atoms with Crippen molar-refractivity contribution in [3.63, 3.8) is 0 Å². The number of hydrogen-bond donors (Lipinski definition) is 0. The van der Waals surface area contributed by atoms with Crippen molar-refractivity contribution in [3.8, 4) is 0 Å². The van der Waals surface area contributed by atoms with E-state index in [1.165, 1.54) is 0 Å². The van der Waals surface area contributed by atoms with Gasteiger partial charge < -0.3 is 0 Å². The maximum Gasteiger partial charge on any atom is 0.422 e. The molecule has 0 saturated carbocycles. The Kier molecular flexibility index (Phi) is 4.00. The Labute approximate surface area is 70.0 Å². The van der Waals surface area contributed by atoms with Crippen molar-refractivity contribution in [2.75, 3.05) is 0 Å². The molecule has 12 heavy (non-hydrogen) atoms. The first-order valence-electron chi connectivity index (χ1n) is 4.13. The van der Waals surface area contributed by atoms with Gasteiger partial charge >= 0.3 is 6.18 Å². The van der Waals surface area contributed by atoms with Gasteiger partial charge in [0.1, 0.15) is 0 Å². The zero-order valence-corrected chi connectivity index (χ0v) is 7.34. The molecule has 0 unspecified atom stereocenters. The molecule has 0 rings (SSSR count). The lowest BCUT2D eigenvalue weighted by molar-refractivity contribution is -0.235. The molecule has 0 bridgehead atoms. The monoisotopic (exact) mass is 186 g/mol. The third-order valence-electron chi connectivity index (χ3n) is 1.80. The molecule has 0 saturated heterocycles. The summed E-state index contributed by atoms with van der Waals surface area (Å²) in [5.41, 5.74) is -2.96. The van der Waals surface area contributed by atoms with Crippen LogP contribution in [0.4, 0.5) is 17.6 Å². The van der Waals surface area contributed by atoms with Crippen molar-refractivity contribution in [1.82, 2.24) is 0 Å². The Bertz CT molecular complexity index is 122. The van der Waals surface area contributed by atoms with E-state index < -0.39 is 24.7 Å². The summed E-state index contributed by atoms with van der Waals surface area (Å²) >= 11 is 0. The largest absolute Gasteiger partial charge is 0.422 e. The van der Waals surface area contributed by atoms with E-state index in [9.17, 15) is 17.6 Å². The fourth-order valence-corrected chi connectivity index (χ4v) is 1.20. The molecule has 0 amide bonds. The van der Waals surface area contributed by atoms with Crippen LogP contribution in [-0.4, -0.2) is 11.8 Å². The number of alkyl halides is 4. The second-order valence-electron chi connectivity index (χ2n) is 2.96. The summed E-state index contributed by atoms with van der Waals surface area (Å²) in [5.74, 6) is 0. The maximum atomic E-state index is 13.2. The second-order valence-corrected chi connectivity index (χ2v) is 2.96. The van der Waals surface area contributed by atoms with Crippen LogP contribution in [0.25, 0.3) is 0 Å². The van der Waals surface area contributed by atoms with E-state index in [1.807, 2.05) is 0 Å². The first kappa shape index (κ1) is 11.7. The molecule has 0 aromatic carbocycles. The highest BCUT2D eigenvalue weighted by molar-refractivity contribution is 4.86. The zero-order valence-electron chi connectivity index (χ0n) is 7.34. The minimum Gasteiger partial charge on any atom is -0.234 e. The minimum atomic E-state index is -4.71. The Balaban J connectivity index is 4.38. The van der Waals surface area contributed by atoms with Crippen molar-refractivity contribution in [1.29, 1.82) is 0 Å². The van der Waals surface area contributed by atoms with Crippen molar-refractivity contribution >= 4 is 0 Å². The normalized spacial score (nSPS) is 13.5. The zero-order chi connectivity index (χ0) is 9.83. The van der Waals surface area contributed by atoms with E-state index in [0.717, 1.165) is 0 Å². The molecular formula is C8H14F4. The fraction of sp³-hybridized carbons (Fsp3) is 1.00. The third kappa shape index (κ3) is 2.64. The van der Waals surface area contributed by atoms with Gasteiger partial charge in [-0.15, -0.1) is 0 Å². The molecule has 0 aromatic rings. The first-order chi connectivity index (χ1) is 5.37. The maximum absolute atomic E-state index is 13.2. The van der Waals surface area contributed by atoms with Gasteiger partial charge in [0.05, 0.1) is 0 Å². The summed E-state index contributed by atoms with van der Waals surface area (Å²) in [5, 5.41) is 0. The Hall–Kier alpha value is -0.280. The van der Waals surface area contributed by atoms with Gasteiger partial charge in [0.15, 0.2) is 0 Å². The van der Waals surface area contributed by atoms with E-state index in [1.54, 1.807) is 13.8 Å². The van der Waals surface area contributed by atoms with E-state index in [2.05, 4.69) is 0 Å². The van der Waals surface area contributed by atoms with Gasteiger partial charge in [-0.25, -0.2) is 4.39 Å². The summed E-state index contributed by atoms with van der Waals surface area (Å²) in [4.78, 5) is 0. The molecule has 0 fully saturated rings. The van der Waals surface area contributed by atoms with E-state index >= 15 is 0 Å². The van der Waals surface area contributed by atoms with Gasteiger partial charge in [-0.3, -0.25) is 0 Å². The molecule has 0 radical (unpaired) electrons. The quantitative estimate of drug-likeness (QED) is 0.585. The van der Waals surface area contributed by atoms with Crippen molar-refractivity contribution in [3.05, 3.63) is 0 Å². The Morgan fingerprint density at radius 3 is 1.33 bits per heavy atom. The predicted octanol–water partition coefficient (Wildman–Crippen LogP) is 3.86. The molecule has 0 nitrogen and oxygen atoms in total. The molecule has 0 aromatic heterocycles. The van der Waals surface area contributed by atoms with Crippen LogP contribution in [0.15, 0.2) is 0 Å². The lowest BCUT2D eigenvalue weighted by Gasteiger charge is -2.26. The van der Waals surface area contributed by atoms with Gasteiger partial charge in [-0.1, -0.05) is 26.7 Å². The molecule has 0 atom stereocenters. The predicted molar refractivity (Wildman–Crippen MR) is 39.7 cm³/mol. The second kappa shape index (κ2) is 4.10. The topological polar surface area (TPSA) is 0 Å². The highest BCUT2D eigenvalue weighted by atomic mass is 19.4. The molecule has 0 aliphatic rings. The standard InChI is InChI=1S/C8H14F4/c1-3-5-7(9,6-4-2)8(10,11)12/h3-6H2,1-2H3. The van der Waals surface area contributed by atoms with Crippen LogP contribution >= 0.6 is 0 Å². The van der Waals surface area contributed by atoms with Gasteiger partial charge in [0, 0.05) is 0 Å². The van der Waals surface area contributed by atoms with Crippen molar-refractivity contribution in [2.45, 2.75) is 51.4 Å². The van der Waals surface area contributed by atoms with Crippen molar-refractivity contribution in [2.24, 2.45) is 0 Å². The summed E-state index contributed by atoms with van der Waals surface area (Å²) in [6, 6.07) is 0. The average Bonchev–Trinajstić information content (AvgIpc) is 1.86. The van der Waals surface area contributed by atoms with Crippen LogP contribution < -0.4 is 0 Å². The molecule has 0 heterocycles. The fourth-order valence-electron chi connectivity index (χ4n) is 1.20. The SMILES string of the molecule is CCCC(F)(CCC)C(F)(F)F. The molecule has 0 N–H and O–H groups in total. The number of halogens is 4. The minimum absolute atomic E-state index is 0.218. The molecule has 0 spiro atoms. The lowest BCUT2D eigenvalue weighted by Crippen LogP contribution is -2.40. The van der Waals surface area contributed by atoms with Crippen LogP contribution in [0.2, 0.25) is 0 Å². The highest BCUT2D eigenvalue weighted by Gasteiger charge is 2.53. The van der Waals surface area contributed by atoms with Gasteiger partial charge in [0.2, 0.25) is 5.67 Å². The smallest absolute Gasteiger partial charge is 0.234 e. The van der Waals surface area contributed by atoms with Crippen LogP contribution in [0.3, 0.4) is 0 Å². The summed E-state index contributed by atoms with van der Waals surface area (Å²) in [6.07, 6.45) is -5.13. The third-order valence-corrected chi connectivity index (χ3v) is 1.80. The Morgan fingerprint density at radius 1 is 0.833 bits per heavy atom. The lowest BCUT2D eigenvalue weighted by atomic mass is 9.94. The molecule has 0 aliphatic heterocycles. The van der Waals surface area contributed by atoms with Crippen LogP contribution in [0, 0.1) is 0 Å². The molecule has 4 heteroatoms. The van der Waals surface area contributed by atoms with E-state index in [0.29, 0.717) is 0 Å². The van der Waals surface area contributed by atoms with Gasteiger partial charge in [-0.05, 0) is 12.8 Å². The summed E-state index contributed by atoms with van der Waals surface area (Å²) < 4.78 is 49.5. The van der Waals surface area contributed by atoms with Crippen LogP contribution in [0.5, 0.6) is 0 Å². The van der Waals surface area contributed by atoms with E-state index in [-0.39, 0.29) is 12.8 Å². The highest BCUT2D eigenvalue weighted by Crippen LogP contribution is 2.40. The average molecular weight is 186 g/mol. The number of rotatable bonds is 4. The molecule has 74 valence electrons. The van der Waals surface area contributed by atoms with Crippen LogP contribution in [0.1, 0.15) is 39.5 Å². The molecule has 0 aliphatic carbocycles. The summed E-state index contributed by atoms with van der Waals surface area (Å²) in [6.45, 7) is 3.10. The molecular weight excluding hydrogens is 172 g/mol. The number of hydrogen-bond acceptors (Lipinski definition) is 0. The van der Waals surface area contributed by atoms with Crippen molar-refractivity contribution < 1.29 is 17.6 Å². The first-order valence-corrected chi connectivity index (χ1v) is 4.13. The van der Waals surface area contributed by atoms with Gasteiger partial charge in [0.25, 0.3) is 0 Å².